The van der Waals surface area contributed by atoms with Gasteiger partial charge in [0, 0.05) is 12.8 Å². The number of carbonyl (C=O) groups excluding carboxylic acids is 4. The summed E-state index contributed by atoms with van der Waals surface area (Å²) in [5.41, 5.74) is -2.43. The van der Waals surface area contributed by atoms with Crippen LogP contribution in [0, 0.1) is 46.5 Å². The fourth-order valence-corrected chi connectivity index (χ4v) is 7.04. The minimum Gasteiger partial charge on any atom is -0.452 e. The highest BCUT2D eigenvalue weighted by Crippen LogP contribution is 2.48. The van der Waals surface area contributed by atoms with Crippen molar-refractivity contribution in [2.75, 3.05) is 0 Å². The molecule has 6 atom stereocenters. The molecule has 2 aliphatic carbocycles. The number of rotatable bonds is 8. The van der Waals surface area contributed by atoms with Gasteiger partial charge in [0.05, 0.1) is 22.3 Å². The Labute approximate surface area is 329 Å². The summed E-state index contributed by atoms with van der Waals surface area (Å²) in [4.78, 5) is 54.8. The molecule has 18 heteroatoms. The zero-order valence-electron chi connectivity index (χ0n) is 29.5. The molecule has 4 aromatic rings. The average molecular weight is 837 g/mol. The Morgan fingerprint density at radius 2 is 0.695 bits per heavy atom. The van der Waals surface area contributed by atoms with Crippen molar-refractivity contribution in [3.8, 4) is 0 Å². The van der Waals surface area contributed by atoms with Crippen LogP contribution in [0.4, 0.5) is 35.1 Å². The summed E-state index contributed by atoms with van der Waals surface area (Å²) in [6.07, 6.45) is -9.43. The van der Waals surface area contributed by atoms with E-state index in [2.05, 4.69) is 0 Å². The first-order valence-corrected chi connectivity index (χ1v) is 17.6. The van der Waals surface area contributed by atoms with E-state index in [0.29, 0.717) is 61.4 Å². The second-order valence-corrected chi connectivity index (χ2v) is 13.6. The number of carbonyl (C=O) groups is 4. The van der Waals surface area contributed by atoms with Gasteiger partial charge < -0.3 is 28.4 Å². The lowest BCUT2D eigenvalue weighted by Crippen LogP contribution is -2.66. The van der Waals surface area contributed by atoms with Crippen LogP contribution >= 0.6 is 0 Å². The lowest BCUT2D eigenvalue weighted by atomic mass is 9.84. The Hall–Kier alpha value is -5.88. The number of esters is 4. The van der Waals surface area contributed by atoms with Crippen LogP contribution in [-0.4, -0.2) is 66.3 Å². The molecule has 2 saturated carbocycles. The van der Waals surface area contributed by atoms with E-state index in [9.17, 15) is 54.3 Å². The number of hydrogen-bond acceptors (Lipinski definition) is 10. The molecule has 312 valence electrons. The summed E-state index contributed by atoms with van der Waals surface area (Å²) in [5, 5.41) is 0. The highest BCUT2D eigenvalue weighted by Gasteiger charge is 2.65. The highest BCUT2D eigenvalue weighted by molar-refractivity contribution is 5.92. The summed E-state index contributed by atoms with van der Waals surface area (Å²) >= 11 is 0. The van der Waals surface area contributed by atoms with Crippen molar-refractivity contribution in [3.63, 3.8) is 0 Å². The SMILES string of the molecule is C.O=C(OC1C(OC(=O)c2ccc(F)c(F)c2)[C@H](OC(=O)c2ccc(F)c(F)c2)[C@H]2OC3(CCCCC3)OC2[C@@H]1OC(=O)c1ccc(F)c(F)c1)c1ccc(F)c(F)c1. The van der Waals surface area contributed by atoms with Crippen molar-refractivity contribution in [2.45, 2.75) is 81.9 Å². The fourth-order valence-electron chi connectivity index (χ4n) is 7.04. The molecule has 3 fully saturated rings. The Bertz CT molecular complexity index is 2130. The van der Waals surface area contributed by atoms with Gasteiger partial charge in [0.15, 0.2) is 76.7 Å². The molecule has 3 aliphatic rings. The zero-order valence-corrected chi connectivity index (χ0v) is 29.5. The topological polar surface area (TPSA) is 124 Å². The quantitative estimate of drug-likeness (QED) is 0.0978. The van der Waals surface area contributed by atoms with Crippen LogP contribution < -0.4 is 0 Å². The molecule has 0 aromatic heterocycles. The molecule has 1 spiro atoms. The first-order chi connectivity index (χ1) is 27.6. The first kappa shape index (κ1) is 42.7. The van der Waals surface area contributed by atoms with E-state index in [-0.39, 0.29) is 20.3 Å². The third kappa shape index (κ3) is 8.78. The van der Waals surface area contributed by atoms with Crippen LogP contribution in [0.3, 0.4) is 0 Å². The lowest BCUT2D eigenvalue weighted by molar-refractivity contribution is -0.203. The van der Waals surface area contributed by atoms with Crippen molar-refractivity contribution < 1.29 is 82.7 Å². The second kappa shape index (κ2) is 17.1. The summed E-state index contributed by atoms with van der Waals surface area (Å²) in [6.45, 7) is 0. The monoisotopic (exact) mass is 836 g/mol. The van der Waals surface area contributed by atoms with Gasteiger partial charge in [-0.25, -0.2) is 54.3 Å². The molecule has 0 radical (unpaired) electrons. The van der Waals surface area contributed by atoms with E-state index in [4.69, 9.17) is 28.4 Å². The molecule has 1 aliphatic heterocycles. The summed E-state index contributed by atoms with van der Waals surface area (Å²) in [7, 11) is 0. The van der Waals surface area contributed by atoms with Crippen molar-refractivity contribution in [2.24, 2.45) is 0 Å². The van der Waals surface area contributed by atoms with E-state index in [1.54, 1.807) is 0 Å². The summed E-state index contributed by atoms with van der Waals surface area (Å²) in [5.74, 6) is -18.5. The van der Waals surface area contributed by atoms with Crippen LogP contribution in [0.15, 0.2) is 72.8 Å². The molecular formula is C41H32F8O10. The van der Waals surface area contributed by atoms with E-state index < -0.39 is 135 Å². The van der Waals surface area contributed by atoms with Gasteiger partial charge in [0.2, 0.25) is 0 Å². The van der Waals surface area contributed by atoms with Crippen LogP contribution in [-0.2, 0) is 28.4 Å². The largest absolute Gasteiger partial charge is 0.452 e. The molecule has 0 amide bonds. The smallest absolute Gasteiger partial charge is 0.338 e. The molecule has 0 bridgehead atoms. The lowest BCUT2D eigenvalue weighted by Gasteiger charge is -2.44. The van der Waals surface area contributed by atoms with Crippen molar-refractivity contribution >= 4 is 23.9 Å². The predicted molar refractivity (Wildman–Crippen MR) is 185 cm³/mol. The maximum atomic E-state index is 14.3. The number of benzene rings is 4. The maximum Gasteiger partial charge on any atom is 0.338 e. The zero-order chi connectivity index (χ0) is 41.5. The summed E-state index contributed by atoms with van der Waals surface area (Å²) in [6, 6.07) is 7.58. The predicted octanol–water partition coefficient (Wildman–Crippen LogP) is 8.10. The van der Waals surface area contributed by atoms with Gasteiger partial charge in [-0.2, -0.15) is 0 Å². The minimum absolute atomic E-state index is 0. The molecule has 1 heterocycles. The number of fused-ring (bicyclic) bond motifs is 1. The van der Waals surface area contributed by atoms with Crippen molar-refractivity contribution in [3.05, 3.63) is 142 Å². The van der Waals surface area contributed by atoms with E-state index in [1.165, 1.54) is 0 Å². The average Bonchev–Trinajstić information content (AvgIpc) is 3.56. The first-order valence-electron chi connectivity index (χ1n) is 17.6. The van der Waals surface area contributed by atoms with Gasteiger partial charge in [-0.15, -0.1) is 0 Å². The molecule has 0 N–H and O–H groups in total. The van der Waals surface area contributed by atoms with Crippen molar-refractivity contribution in [1.29, 1.82) is 0 Å². The van der Waals surface area contributed by atoms with Crippen LogP contribution in [0.2, 0.25) is 0 Å². The van der Waals surface area contributed by atoms with Crippen LogP contribution in [0.1, 0.15) is 81.0 Å². The standard InChI is InChI=1S/C40H28F8O10.CH4/c41-22-8-4-18(14-26(22)45)36(49)53-30-31(54-37(50)19-5-9-23(42)27(46)15-19)33(56-39(52)21-7-11-25(44)29(48)17-21)35-34(57-40(58-35)12-2-1-3-13-40)32(30)55-38(51)20-6-10-24(43)28(47)16-20;/h4-11,14-17,30-35H,1-3,12-13H2;1H4/t30?,31?,32-,33+,34+,35?;/m0./s1. The van der Waals surface area contributed by atoms with E-state index >= 15 is 0 Å². The van der Waals surface area contributed by atoms with Gasteiger partial charge in [0.1, 0.15) is 12.2 Å². The number of halogens is 8. The molecule has 59 heavy (non-hydrogen) atoms. The van der Waals surface area contributed by atoms with Crippen LogP contribution in [0.5, 0.6) is 0 Å². The number of hydrogen-bond donors (Lipinski definition) is 0. The maximum absolute atomic E-state index is 14.3. The highest BCUT2D eigenvalue weighted by atomic mass is 19.2. The van der Waals surface area contributed by atoms with E-state index in [1.807, 2.05) is 0 Å². The Balaban J connectivity index is 0.00000585. The Kier molecular flexibility index (Phi) is 12.4. The minimum atomic E-state index is -2.20. The van der Waals surface area contributed by atoms with Gasteiger partial charge in [-0.1, -0.05) is 13.8 Å². The molecule has 3 unspecified atom stereocenters. The van der Waals surface area contributed by atoms with Crippen LogP contribution in [0.25, 0.3) is 0 Å². The van der Waals surface area contributed by atoms with Crippen molar-refractivity contribution in [1.82, 2.24) is 0 Å². The Morgan fingerprint density at radius 1 is 0.424 bits per heavy atom. The van der Waals surface area contributed by atoms with Gasteiger partial charge in [0.25, 0.3) is 0 Å². The molecular weight excluding hydrogens is 804 g/mol. The number of ether oxygens (including phenoxy) is 6. The second-order valence-electron chi connectivity index (χ2n) is 13.6. The van der Waals surface area contributed by atoms with E-state index in [0.717, 1.165) is 30.7 Å². The summed E-state index contributed by atoms with van der Waals surface area (Å²) < 4.78 is 148. The fraction of sp³-hybridized carbons (Fsp3) is 0.317. The third-order valence-corrected chi connectivity index (χ3v) is 9.85. The van der Waals surface area contributed by atoms with Gasteiger partial charge >= 0.3 is 23.9 Å². The molecule has 7 rings (SSSR count). The molecule has 10 nitrogen and oxygen atoms in total. The molecule has 4 aromatic carbocycles. The normalized spacial score (nSPS) is 23.1. The Morgan fingerprint density at radius 3 is 0.966 bits per heavy atom. The third-order valence-electron chi connectivity index (χ3n) is 9.85. The van der Waals surface area contributed by atoms with Gasteiger partial charge in [-0.05, 0) is 85.6 Å². The molecule has 1 saturated heterocycles. The van der Waals surface area contributed by atoms with Gasteiger partial charge in [-0.3, -0.25) is 0 Å².